The van der Waals surface area contributed by atoms with Crippen molar-refractivity contribution in [2.24, 2.45) is 17.8 Å². The number of anilines is 1. The number of amides is 2. The fraction of sp³-hybridized carbons (Fsp3) is 0.250. The minimum absolute atomic E-state index is 0.0303. The largest absolute Gasteiger partial charge is 0.481 e. The lowest BCUT2D eigenvalue weighted by Crippen LogP contribution is -2.32. The van der Waals surface area contributed by atoms with Crippen LogP contribution in [0.3, 0.4) is 0 Å². The highest BCUT2D eigenvalue weighted by atomic mass is 16.5. The van der Waals surface area contributed by atoms with E-state index in [1.807, 2.05) is 24.3 Å². The maximum atomic E-state index is 12.9. The molecule has 2 amide bonds. The molecular formula is C28H24N2O5. The van der Waals surface area contributed by atoms with Crippen molar-refractivity contribution in [1.29, 1.82) is 0 Å². The molecular weight excluding hydrogens is 444 g/mol. The number of nitrogens with one attached hydrogen (secondary N) is 1. The SMILES string of the molecule is O=C(Nc1cccc(C(=O)N2C[C@@H]3C(C(=O)O)[C@@H]3C2)c1)OCC1c2ccccc2-c2ccccc21. The molecule has 6 rings (SSSR count). The smallest absolute Gasteiger partial charge is 0.411 e. The van der Waals surface area contributed by atoms with Crippen LogP contribution in [0.5, 0.6) is 0 Å². The van der Waals surface area contributed by atoms with Gasteiger partial charge in [-0.3, -0.25) is 14.9 Å². The molecule has 2 aliphatic carbocycles. The Hall–Kier alpha value is -4.13. The Balaban J connectivity index is 1.09. The first-order chi connectivity index (χ1) is 17.0. The lowest BCUT2D eigenvalue weighted by molar-refractivity contribution is -0.139. The quantitative estimate of drug-likeness (QED) is 0.577. The fourth-order valence-electron chi connectivity index (χ4n) is 5.72. The molecule has 2 fully saturated rings. The van der Waals surface area contributed by atoms with Crippen molar-refractivity contribution in [3.05, 3.63) is 89.5 Å². The molecule has 1 unspecified atom stereocenters. The highest BCUT2D eigenvalue weighted by Gasteiger charge is 2.60. The standard InChI is InChI=1S/C28H24N2O5/c31-26(30-13-22-23(14-30)25(22)27(32)33)16-6-5-7-17(12-16)29-28(34)35-15-24-20-10-3-1-8-18(20)19-9-2-4-11-21(19)24/h1-12,22-25H,13-15H2,(H,29,34)(H,32,33)/t22-,23+,25?. The number of aliphatic carboxylic acids is 1. The molecule has 7 nitrogen and oxygen atoms in total. The van der Waals surface area contributed by atoms with E-state index in [1.165, 1.54) is 0 Å². The molecule has 3 aromatic carbocycles. The molecule has 35 heavy (non-hydrogen) atoms. The number of fused-ring (bicyclic) bond motifs is 4. The average Bonchev–Trinajstić information content (AvgIpc) is 3.22. The van der Waals surface area contributed by atoms with Gasteiger partial charge in [-0.25, -0.2) is 4.79 Å². The van der Waals surface area contributed by atoms with Crippen LogP contribution < -0.4 is 5.32 Å². The first-order valence-corrected chi connectivity index (χ1v) is 11.8. The van der Waals surface area contributed by atoms with E-state index in [4.69, 9.17) is 4.74 Å². The van der Waals surface area contributed by atoms with Gasteiger partial charge >= 0.3 is 12.1 Å². The summed E-state index contributed by atoms with van der Waals surface area (Å²) in [5.41, 5.74) is 5.54. The number of ether oxygens (including phenoxy) is 1. The molecule has 3 atom stereocenters. The van der Waals surface area contributed by atoms with Crippen LogP contribution in [0.1, 0.15) is 27.4 Å². The van der Waals surface area contributed by atoms with Crippen LogP contribution in [0.2, 0.25) is 0 Å². The second-order valence-electron chi connectivity index (χ2n) is 9.43. The summed E-state index contributed by atoms with van der Waals surface area (Å²) in [6.45, 7) is 1.13. The topological polar surface area (TPSA) is 95.9 Å². The van der Waals surface area contributed by atoms with Crippen LogP contribution in [-0.4, -0.2) is 47.7 Å². The molecule has 3 aromatic rings. The van der Waals surface area contributed by atoms with Crippen molar-refractivity contribution in [3.8, 4) is 11.1 Å². The Labute approximate surface area is 202 Å². The summed E-state index contributed by atoms with van der Waals surface area (Å²) in [5.74, 6) is -1.17. The Bertz CT molecular complexity index is 1290. The Morgan fingerprint density at radius 2 is 1.51 bits per heavy atom. The number of hydrogen-bond donors (Lipinski definition) is 2. The summed E-state index contributed by atoms with van der Waals surface area (Å²) in [6.07, 6.45) is -0.580. The number of benzene rings is 3. The molecule has 1 heterocycles. The number of likely N-dealkylation sites (tertiary alicyclic amines) is 1. The maximum Gasteiger partial charge on any atom is 0.411 e. The third kappa shape index (κ3) is 3.73. The number of piperidine rings is 1. The summed E-state index contributed by atoms with van der Waals surface area (Å²) < 4.78 is 5.60. The van der Waals surface area contributed by atoms with Gasteiger partial charge in [0.05, 0.1) is 5.92 Å². The van der Waals surface area contributed by atoms with Gasteiger partial charge in [-0.15, -0.1) is 0 Å². The van der Waals surface area contributed by atoms with Gasteiger partial charge in [0, 0.05) is 30.3 Å². The number of rotatable bonds is 5. The second kappa shape index (κ2) is 8.27. The molecule has 1 saturated carbocycles. The van der Waals surface area contributed by atoms with E-state index in [9.17, 15) is 19.5 Å². The van der Waals surface area contributed by atoms with E-state index in [-0.39, 0.29) is 36.2 Å². The first-order valence-electron chi connectivity index (χ1n) is 11.8. The molecule has 0 bridgehead atoms. The molecule has 176 valence electrons. The predicted octanol–water partition coefficient (Wildman–Crippen LogP) is 4.45. The zero-order chi connectivity index (χ0) is 24.1. The third-order valence-electron chi connectivity index (χ3n) is 7.47. The van der Waals surface area contributed by atoms with Crippen molar-refractivity contribution in [2.45, 2.75) is 5.92 Å². The number of nitrogens with zero attached hydrogens (tertiary/aromatic N) is 1. The molecule has 0 radical (unpaired) electrons. The number of carbonyl (C=O) groups excluding carboxylic acids is 2. The van der Waals surface area contributed by atoms with Gasteiger partial charge in [0.1, 0.15) is 6.61 Å². The van der Waals surface area contributed by atoms with E-state index in [1.54, 1.807) is 29.2 Å². The normalized spacial score (nSPS) is 21.6. The van der Waals surface area contributed by atoms with Crippen molar-refractivity contribution in [3.63, 3.8) is 0 Å². The van der Waals surface area contributed by atoms with Gasteiger partial charge in [-0.2, -0.15) is 0 Å². The molecule has 0 spiro atoms. The molecule has 1 aliphatic heterocycles. The molecule has 2 N–H and O–H groups in total. The Morgan fingerprint density at radius 1 is 0.886 bits per heavy atom. The van der Waals surface area contributed by atoms with E-state index in [0.29, 0.717) is 24.3 Å². The lowest BCUT2D eigenvalue weighted by atomic mass is 9.98. The van der Waals surface area contributed by atoms with E-state index < -0.39 is 12.1 Å². The van der Waals surface area contributed by atoms with Crippen LogP contribution in [0.25, 0.3) is 11.1 Å². The van der Waals surface area contributed by atoms with Gasteiger partial charge in [0.2, 0.25) is 0 Å². The number of hydrogen-bond acceptors (Lipinski definition) is 4. The third-order valence-corrected chi connectivity index (χ3v) is 7.47. The summed E-state index contributed by atoms with van der Waals surface area (Å²) in [5, 5.41) is 11.9. The molecule has 3 aliphatic rings. The molecule has 0 aromatic heterocycles. The lowest BCUT2D eigenvalue weighted by Gasteiger charge is -2.19. The van der Waals surface area contributed by atoms with Gasteiger partial charge in [0.15, 0.2) is 0 Å². The van der Waals surface area contributed by atoms with Crippen LogP contribution in [0, 0.1) is 17.8 Å². The zero-order valence-electron chi connectivity index (χ0n) is 18.9. The van der Waals surface area contributed by atoms with Gasteiger partial charge in [-0.05, 0) is 52.3 Å². The minimum Gasteiger partial charge on any atom is -0.481 e. The highest BCUT2D eigenvalue weighted by molar-refractivity contribution is 5.97. The minimum atomic E-state index is -0.776. The van der Waals surface area contributed by atoms with E-state index in [0.717, 1.165) is 22.3 Å². The second-order valence-corrected chi connectivity index (χ2v) is 9.43. The Morgan fingerprint density at radius 3 is 2.14 bits per heavy atom. The van der Waals surface area contributed by atoms with Gasteiger partial charge in [0.25, 0.3) is 5.91 Å². The summed E-state index contributed by atoms with van der Waals surface area (Å²) in [6, 6.07) is 23.1. The van der Waals surface area contributed by atoms with Crippen LogP contribution in [-0.2, 0) is 9.53 Å². The average molecular weight is 469 g/mol. The number of carbonyl (C=O) groups is 3. The highest BCUT2D eigenvalue weighted by Crippen LogP contribution is 2.52. The van der Waals surface area contributed by atoms with Crippen LogP contribution >= 0.6 is 0 Å². The number of carboxylic acid groups (broad SMARTS) is 1. The zero-order valence-corrected chi connectivity index (χ0v) is 18.9. The van der Waals surface area contributed by atoms with Crippen LogP contribution in [0.15, 0.2) is 72.8 Å². The summed E-state index contributed by atoms with van der Waals surface area (Å²) >= 11 is 0. The van der Waals surface area contributed by atoms with Crippen molar-refractivity contribution < 1.29 is 24.2 Å². The van der Waals surface area contributed by atoms with E-state index in [2.05, 4.69) is 29.6 Å². The Kier molecular flexibility index (Phi) is 5.06. The fourth-order valence-corrected chi connectivity index (χ4v) is 5.72. The summed E-state index contributed by atoms with van der Waals surface area (Å²) in [4.78, 5) is 38.4. The van der Waals surface area contributed by atoms with Crippen molar-refractivity contribution in [1.82, 2.24) is 4.90 Å². The van der Waals surface area contributed by atoms with Crippen LogP contribution in [0.4, 0.5) is 10.5 Å². The summed E-state index contributed by atoms with van der Waals surface area (Å²) in [7, 11) is 0. The monoisotopic (exact) mass is 468 g/mol. The first kappa shape index (κ1) is 21.4. The molecule has 1 saturated heterocycles. The van der Waals surface area contributed by atoms with Crippen molar-refractivity contribution >= 4 is 23.7 Å². The maximum absolute atomic E-state index is 12.9. The van der Waals surface area contributed by atoms with Gasteiger partial charge in [-0.1, -0.05) is 54.6 Å². The number of carboxylic acids is 1. The molecule has 7 heteroatoms. The van der Waals surface area contributed by atoms with Gasteiger partial charge < -0.3 is 14.7 Å². The predicted molar refractivity (Wildman–Crippen MR) is 129 cm³/mol. The van der Waals surface area contributed by atoms with E-state index >= 15 is 0 Å². The van der Waals surface area contributed by atoms with Crippen molar-refractivity contribution in [2.75, 3.05) is 25.0 Å².